The van der Waals surface area contributed by atoms with E-state index in [0.717, 1.165) is 17.5 Å². The van der Waals surface area contributed by atoms with Crippen molar-refractivity contribution in [3.05, 3.63) is 57.6 Å². The lowest BCUT2D eigenvalue weighted by atomic mass is 10.1. The van der Waals surface area contributed by atoms with Crippen LogP contribution < -0.4 is 14.8 Å². The average molecular weight is 481 g/mol. The molecule has 174 valence electrons. The summed E-state index contributed by atoms with van der Waals surface area (Å²) < 4.78 is 10.6. The van der Waals surface area contributed by atoms with Gasteiger partial charge in [0.05, 0.1) is 14.2 Å². The number of methoxy groups -OCH3 is 2. The first-order valence-electron chi connectivity index (χ1n) is 10.5. The molecule has 0 aromatic heterocycles. The third-order valence-electron chi connectivity index (χ3n) is 5.15. The van der Waals surface area contributed by atoms with E-state index in [1.165, 1.54) is 0 Å². The third kappa shape index (κ3) is 7.04. The van der Waals surface area contributed by atoms with Gasteiger partial charge in [0.15, 0.2) is 11.5 Å². The molecule has 0 heterocycles. The van der Waals surface area contributed by atoms with Gasteiger partial charge in [-0.25, -0.2) is 0 Å². The van der Waals surface area contributed by atoms with E-state index in [2.05, 4.69) is 5.32 Å². The third-order valence-corrected chi connectivity index (χ3v) is 5.73. The van der Waals surface area contributed by atoms with Crippen LogP contribution in [0.3, 0.4) is 0 Å². The van der Waals surface area contributed by atoms with E-state index in [0.29, 0.717) is 34.5 Å². The van der Waals surface area contributed by atoms with Crippen molar-refractivity contribution in [2.75, 3.05) is 20.8 Å². The Morgan fingerprint density at radius 3 is 2.41 bits per heavy atom. The van der Waals surface area contributed by atoms with Crippen LogP contribution in [-0.4, -0.2) is 43.5 Å². The van der Waals surface area contributed by atoms with E-state index in [1.54, 1.807) is 44.2 Å². The SMILES string of the molecule is CCCNC(=O)[C@@H](C)N(Cc1ccc(Cl)cc1Cl)C(=O)CCc1ccc(OC)c(OC)c1. The number of nitrogens with one attached hydrogen (secondary N) is 1. The maximum absolute atomic E-state index is 13.2. The number of rotatable bonds is 11. The van der Waals surface area contributed by atoms with Gasteiger partial charge in [-0.2, -0.15) is 0 Å². The molecule has 0 spiro atoms. The minimum atomic E-state index is -0.647. The number of nitrogens with zero attached hydrogens (tertiary/aromatic N) is 1. The molecule has 0 unspecified atom stereocenters. The van der Waals surface area contributed by atoms with E-state index in [1.807, 2.05) is 25.1 Å². The summed E-state index contributed by atoms with van der Waals surface area (Å²) in [6.45, 7) is 4.47. The number of carbonyl (C=O) groups is 2. The second-order valence-electron chi connectivity index (χ2n) is 7.41. The summed E-state index contributed by atoms with van der Waals surface area (Å²) in [5.74, 6) is 0.888. The highest BCUT2D eigenvalue weighted by Gasteiger charge is 2.26. The number of ether oxygens (including phenoxy) is 2. The predicted molar refractivity (Wildman–Crippen MR) is 128 cm³/mol. The van der Waals surface area contributed by atoms with Crippen LogP contribution in [0.5, 0.6) is 11.5 Å². The number of benzene rings is 2. The van der Waals surface area contributed by atoms with Gasteiger partial charge in [-0.3, -0.25) is 9.59 Å². The molecule has 2 amide bonds. The van der Waals surface area contributed by atoms with E-state index < -0.39 is 6.04 Å². The second-order valence-corrected chi connectivity index (χ2v) is 8.26. The van der Waals surface area contributed by atoms with Gasteiger partial charge < -0.3 is 19.7 Å². The lowest BCUT2D eigenvalue weighted by Crippen LogP contribution is -2.47. The van der Waals surface area contributed by atoms with Crippen LogP contribution >= 0.6 is 23.2 Å². The van der Waals surface area contributed by atoms with Crippen molar-refractivity contribution in [3.8, 4) is 11.5 Å². The zero-order valence-corrected chi connectivity index (χ0v) is 20.4. The molecule has 2 rings (SSSR count). The molecule has 32 heavy (non-hydrogen) atoms. The number of hydrogen-bond acceptors (Lipinski definition) is 4. The molecular formula is C24H30Cl2N2O4. The molecule has 0 radical (unpaired) electrons. The molecule has 0 bridgehead atoms. The van der Waals surface area contributed by atoms with Crippen LogP contribution in [0.4, 0.5) is 0 Å². The quantitative estimate of drug-likeness (QED) is 0.497. The van der Waals surface area contributed by atoms with Crippen molar-refractivity contribution < 1.29 is 19.1 Å². The summed E-state index contributed by atoms with van der Waals surface area (Å²) in [7, 11) is 3.15. The molecule has 0 saturated heterocycles. The average Bonchev–Trinajstić information content (AvgIpc) is 2.79. The van der Waals surface area contributed by atoms with E-state index in [4.69, 9.17) is 32.7 Å². The Morgan fingerprint density at radius 1 is 1.06 bits per heavy atom. The fraction of sp³-hybridized carbons (Fsp3) is 0.417. The first-order chi connectivity index (χ1) is 15.3. The van der Waals surface area contributed by atoms with Crippen LogP contribution in [0.15, 0.2) is 36.4 Å². The van der Waals surface area contributed by atoms with E-state index in [-0.39, 0.29) is 24.8 Å². The highest BCUT2D eigenvalue weighted by atomic mass is 35.5. The Bertz CT molecular complexity index is 936. The standard InChI is InChI=1S/C24H30Cl2N2O4/c1-5-12-27-24(30)16(2)28(15-18-8-9-19(25)14-20(18)26)23(29)11-7-17-6-10-21(31-3)22(13-17)32-4/h6,8-10,13-14,16H,5,7,11-12,15H2,1-4H3,(H,27,30)/t16-/m1/s1. The maximum atomic E-state index is 13.2. The predicted octanol–water partition coefficient (Wildman–Crippen LogP) is 4.89. The summed E-state index contributed by atoms with van der Waals surface area (Å²) in [6.07, 6.45) is 1.54. The van der Waals surface area contributed by atoms with Gasteiger partial charge >= 0.3 is 0 Å². The summed E-state index contributed by atoms with van der Waals surface area (Å²) in [4.78, 5) is 27.4. The normalized spacial score (nSPS) is 11.6. The van der Waals surface area contributed by atoms with Gasteiger partial charge in [0.2, 0.25) is 11.8 Å². The Labute approximate surface area is 199 Å². The number of aryl methyl sites for hydroxylation is 1. The maximum Gasteiger partial charge on any atom is 0.242 e. The summed E-state index contributed by atoms with van der Waals surface area (Å²) >= 11 is 12.3. The highest BCUT2D eigenvalue weighted by molar-refractivity contribution is 6.35. The van der Waals surface area contributed by atoms with Gasteiger partial charge in [-0.1, -0.05) is 42.3 Å². The minimum absolute atomic E-state index is 0.148. The number of hydrogen-bond donors (Lipinski definition) is 1. The fourth-order valence-corrected chi connectivity index (χ4v) is 3.71. The van der Waals surface area contributed by atoms with Gasteiger partial charge in [0.25, 0.3) is 0 Å². The van der Waals surface area contributed by atoms with Crippen molar-refractivity contribution in [1.29, 1.82) is 0 Å². The van der Waals surface area contributed by atoms with Gasteiger partial charge in [0.1, 0.15) is 6.04 Å². The first kappa shape index (κ1) is 25.8. The summed E-state index contributed by atoms with van der Waals surface area (Å²) in [5.41, 5.74) is 1.66. The number of amides is 2. The van der Waals surface area contributed by atoms with Crippen LogP contribution in [0.25, 0.3) is 0 Å². The number of halogens is 2. The monoisotopic (exact) mass is 480 g/mol. The molecule has 1 N–H and O–H groups in total. The van der Waals surface area contributed by atoms with Crippen LogP contribution in [-0.2, 0) is 22.6 Å². The molecule has 2 aromatic carbocycles. The lowest BCUT2D eigenvalue weighted by molar-refractivity contribution is -0.140. The summed E-state index contributed by atoms with van der Waals surface area (Å²) in [6, 6.07) is 10.0. The van der Waals surface area contributed by atoms with Crippen molar-refractivity contribution >= 4 is 35.0 Å². The Morgan fingerprint density at radius 2 is 1.78 bits per heavy atom. The molecular weight excluding hydrogens is 451 g/mol. The molecule has 1 atom stereocenters. The lowest BCUT2D eigenvalue weighted by Gasteiger charge is -2.29. The molecule has 8 heteroatoms. The van der Waals surface area contributed by atoms with Crippen LogP contribution in [0, 0.1) is 0 Å². The van der Waals surface area contributed by atoms with Crippen molar-refractivity contribution in [3.63, 3.8) is 0 Å². The molecule has 0 fully saturated rings. The van der Waals surface area contributed by atoms with Crippen molar-refractivity contribution in [2.45, 2.75) is 45.7 Å². The zero-order chi connectivity index (χ0) is 23.7. The Hall–Kier alpha value is -2.44. The van der Waals surface area contributed by atoms with Gasteiger partial charge in [-0.05, 0) is 55.2 Å². The topological polar surface area (TPSA) is 67.9 Å². The number of carbonyl (C=O) groups excluding carboxylic acids is 2. The Balaban J connectivity index is 2.19. The Kier molecular flexibility index (Phi) is 10.1. The van der Waals surface area contributed by atoms with Crippen LogP contribution in [0.1, 0.15) is 37.8 Å². The van der Waals surface area contributed by atoms with Crippen molar-refractivity contribution in [1.82, 2.24) is 10.2 Å². The molecule has 2 aromatic rings. The summed E-state index contributed by atoms with van der Waals surface area (Å²) in [5, 5.41) is 3.83. The molecule has 0 aliphatic heterocycles. The molecule has 6 nitrogen and oxygen atoms in total. The van der Waals surface area contributed by atoms with Crippen LogP contribution in [0.2, 0.25) is 10.0 Å². The van der Waals surface area contributed by atoms with E-state index in [9.17, 15) is 9.59 Å². The van der Waals surface area contributed by atoms with E-state index >= 15 is 0 Å². The molecule has 0 saturated carbocycles. The fourth-order valence-electron chi connectivity index (χ4n) is 3.24. The second kappa shape index (κ2) is 12.6. The molecule has 0 aliphatic rings. The van der Waals surface area contributed by atoms with Gasteiger partial charge in [0, 0.05) is 29.6 Å². The first-order valence-corrected chi connectivity index (χ1v) is 11.3. The van der Waals surface area contributed by atoms with Gasteiger partial charge in [-0.15, -0.1) is 0 Å². The van der Waals surface area contributed by atoms with Crippen molar-refractivity contribution in [2.24, 2.45) is 0 Å². The highest BCUT2D eigenvalue weighted by Crippen LogP contribution is 2.28. The largest absolute Gasteiger partial charge is 0.493 e. The molecule has 0 aliphatic carbocycles. The minimum Gasteiger partial charge on any atom is -0.493 e. The zero-order valence-electron chi connectivity index (χ0n) is 18.9. The smallest absolute Gasteiger partial charge is 0.242 e.